The number of likely N-dealkylation sites (tertiary alicyclic amines) is 1. The first kappa shape index (κ1) is 25.4. The van der Waals surface area contributed by atoms with Crippen molar-refractivity contribution in [2.24, 2.45) is 5.92 Å². The summed E-state index contributed by atoms with van der Waals surface area (Å²) in [5.41, 5.74) is 2.19. The highest BCUT2D eigenvalue weighted by atomic mass is 19.1. The number of esters is 1. The Labute approximate surface area is 199 Å². The van der Waals surface area contributed by atoms with E-state index in [4.69, 9.17) is 9.47 Å². The summed E-state index contributed by atoms with van der Waals surface area (Å²) in [6.07, 6.45) is 1.39. The molecule has 1 saturated heterocycles. The fraction of sp³-hybridized carbons (Fsp3) is 0.423. The lowest BCUT2D eigenvalue weighted by Crippen LogP contribution is -2.41. The number of halogens is 1. The molecule has 0 N–H and O–H groups in total. The monoisotopic (exact) mass is 470 g/mol. The van der Waals surface area contributed by atoms with Crippen molar-refractivity contribution in [1.82, 2.24) is 4.90 Å². The second-order valence-electron chi connectivity index (χ2n) is 8.29. The highest BCUT2D eigenvalue weighted by molar-refractivity contribution is 5.94. The van der Waals surface area contributed by atoms with Crippen molar-refractivity contribution in [2.75, 3.05) is 38.3 Å². The predicted octanol–water partition coefficient (Wildman–Crippen LogP) is 3.35. The highest BCUT2D eigenvalue weighted by Crippen LogP contribution is 2.22. The summed E-state index contributed by atoms with van der Waals surface area (Å²) in [7, 11) is 1.45. The van der Waals surface area contributed by atoms with Gasteiger partial charge in [-0.3, -0.25) is 14.4 Å². The molecule has 1 aliphatic rings. The maximum absolute atomic E-state index is 13.3. The normalized spacial score (nSPS) is 14.0. The van der Waals surface area contributed by atoms with Crippen LogP contribution < -0.4 is 4.90 Å². The van der Waals surface area contributed by atoms with Crippen molar-refractivity contribution >= 4 is 23.5 Å². The van der Waals surface area contributed by atoms with Crippen LogP contribution in [0.1, 0.15) is 30.9 Å². The average molecular weight is 471 g/mol. The standard InChI is InChI=1S/C26H31FN2O5/c1-3-34-26(32)21-11-13-28(14-12-21)24(30)16-20-5-4-6-23(15-20)29(25(31)18-33-2)17-19-7-9-22(27)10-8-19/h4-10,15,21H,3,11-14,16-18H2,1-2H3. The van der Waals surface area contributed by atoms with Crippen LogP contribution in [0.3, 0.4) is 0 Å². The minimum atomic E-state index is -0.342. The van der Waals surface area contributed by atoms with Crippen LogP contribution in [0.5, 0.6) is 0 Å². The van der Waals surface area contributed by atoms with Crippen LogP contribution in [-0.2, 0) is 36.8 Å². The molecular weight excluding hydrogens is 439 g/mol. The molecule has 1 aliphatic heterocycles. The lowest BCUT2D eigenvalue weighted by atomic mass is 9.96. The van der Waals surface area contributed by atoms with Crippen LogP contribution in [0.25, 0.3) is 0 Å². The zero-order valence-electron chi connectivity index (χ0n) is 19.7. The van der Waals surface area contributed by atoms with Gasteiger partial charge in [0.25, 0.3) is 5.91 Å². The van der Waals surface area contributed by atoms with Gasteiger partial charge in [-0.1, -0.05) is 24.3 Å². The first-order chi connectivity index (χ1) is 16.4. The van der Waals surface area contributed by atoms with E-state index in [1.165, 1.54) is 19.2 Å². The molecule has 0 bridgehead atoms. The first-order valence-electron chi connectivity index (χ1n) is 11.5. The third kappa shape index (κ3) is 6.87. The number of carbonyl (C=O) groups excluding carboxylic acids is 3. The van der Waals surface area contributed by atoms with Gasteiger partial charge in [0.05, 0.1) is 25.5 Å². The smallest absolute Gasteiger partial charge is 0.309 e. The quantitative estimate of drug-likeness (QED) is 0.526. The Bertz CT molecular complexity index is 987. The van der Waals surface area contributed by atoms with Gasteiger partial charge in [-0.05, 0) is 55.2 Å². The Hall–Kier alpha value is -3.26. The molecule has 0 saturated carbocycles. The summed E-state index contributed by atoms with van der Waals surface area (Å²) in [5, 5.41) is 0. The van der Waals surface area contributed by atoms with Gasteiger partial charge in [-0.15, -0.1) is 0 Å². The molecule has 182 valence electrons. The molecule has 0 atom stereocenters. The van der Waals surface area contributed by atoms with Crippen LogP contribution in [-0.4, -0.2) is 56.1 Å². The molecule has 1 heterocycles. The van der Waals surface area contributed by atoms with E-state index in [0.29, 0.717) is 38.2 Å². The van der Waals surface area contributed by atoms with E-state index in [2.05, 4.69) is 0 Å². The Morgan fingerprint density at radius 3 is 2.41 bits per heavy atom. The second-order valence-corrected chi connectivity index (χ2v) is 8.29. The Balaban J connectivity index is 1.68. The molecule has 0 unspecified atom stereocenters. The SMILES string of the molecule is CCOC(=O)C1CCN(C(=O)Cc2cccc(N(Cc3ccc(F)cc3)C(=O)COC)c2)CC1. The van der Waals surface area contributed by atoms with Gasteiger partial charge in [0.1, 0.15) is 12.4 Å². The molecule has 2 aromatic carbocycles. The van der Waals surface area contributed by atoms with Crippen molar-refractivity contribution in [3.05, 3.63) is 65.5 Å². The number of anilines is 1. The Kier molecular flexibility index (Phi) is 9.16. The molecule has 0 spiro atoms. The van der Waals surface area contributed by atoms with Crippen molar-refractivity contribution in [1.29, 1.82) is 0 Å². The van der Waals surface area contributed by atoms with Crippen molar-refractivity contribution in [2.45, 2.75) is 32.7 Å². The van der Waals surface area contributed by atoms with E-state index >= 15 is 0 Å². The average Bonchev–Trinajstić information content (AvgIpc) is 2.84. The molecule has 2 aromatic rings. The largest absolute Gasteiger partial charge is 0.466 e. The van der Waals surface area contributed by atoms with E-state index in [9.17, 15) is 18.8 Å². The fourth-order valence-corrected chi connectivity index (χ4v) is 4.04. The number of hydrogen-bond acceptors (Lipinski definition) is 5. The van der Waals surface area contributed by atoms with Crippen molar-refractivity contribution < 1.29 is 28.2 Å². The number of hydrogen-bond donors (Lipinski definition) is 0. The van der Waals surface area contributed by atoms with Crippen molar-refractivity contribution in [3.63, 3.8) is 0 Å². The molecule has 0 aromatic heterocycles. The Morgan fingerprint density at radius 2 is 1.76 bits per heavy atom. The summed E-state index contributed by atoms with van der Waals surface area (Å²) in [4.78, 5) is 40.9. The number of piperidine rings is 1. The second kappa shape index (κ2) is 12.3. The summed E-state index contributed by atoms with van der Waals surface area (Å²) in [5.74, 6) is -0.946. The molecule has 34 heavy (non-hydrogen) atoms. The summed E-state index contributed by atoms with van der Waals surface area (Å²) in [6, 6.07) is 13.3. The number of amides is 2. The molecule has 2 amide bonds. The number of methoxy groups -OCH3 is 1. The van der Waals surface area contributed by atoms with Gasteiger partial charge in [0.2, 0.25) is 5.91 Å². The van der Waals surface area contributed by atoms with Crippen LogP contribution in [0.4, 0.5) is 10.1 Å². The van der Waals surface area contributed by atoms with Gasteiger partial charge < -0.3 is 19.3 Å². The summed E-state index contributed by atoms with van der Waals surface area (Å²) >= 11 is 0. The molecule has 0 aliphatic carbocycles. The number of benzene rings is 2. The molecular formula is C26H31FN2O5. The van der Waals surface area contributed by atoms with E-state index in [1.54, 1.807) is 34.9 Å². The van der Waals surface area contributed by atoms with Gasteiger partial charge in [0, 0.05) is 25.9 Å². The summed E-state index contributed by atoms with van der Waals surface area (Å²) in [6.45, 7) is 3.34. The molecule has 3 rings (SSSR count). The third-order valence-corrected chi connectivity index (χ3v) is 5.87. The Morgan fingerprint density at radius 1 is 1.06 bits per heavy atom. The molecule has 8 heteroatoms. The fourth-order valence-electron chi connectivity index (χ4n) is 4.04. The highest BCUT2D eigenvalue weighted by Gasteiger charge is 2.28. The van der Waals surface area contributed by atoms with Crippen LogP contribution >= 0.6 is 0 Å². The third-order valence-electron chi connectivity index (χ3n) is 5.87. The minimum Gasteiger partial charge on any atom is -0.466 e. The van der Waals surface area contributed by atoms with Gasteiger partial charge in [-0.25, -0.2) is 4.39 Å². The van der Waals surface area contributed by atoms with E-state index in [0.717, 1.165) is 11.1 Å². The topological polar surface area (TPSA) is 76.2 Å². The molecule has 7 nitrogen and oxygen atoms in total. The van der Waals surface area contributed by atoms with Gasteiger partial charge in [0.15, 0.2) is 0 Å². The number of ether oxygens (including phenoxy) is 2. The van der Waals surface area contributed by atoms with Crippen LogP contribution in [0.15, 0.2) is 48.5 Å². The van der Waals surface area contributed by atoms with Gasteiger partial charge >= 0.3 is 5.97 Å². The maximum Gasteiger partial charge on any atom is 0.309 e. The lowest BCUT2D eigenvalue weighted by Gasteiger charge is -2.31. The van der Waals surface area contributed by atoms with E-state index in [1.807, 2.05) is 18.2 Å². The minimum absolute atomic E-state index is 0.0206. The lowest BCUT2D eigenvalue weighted by molar-refractivity contribution is -0.151. The van der Waals surface area contributed by atoms with E-state index < -0.39 is 0 Å². The van der Waals surface area contributed by atoms with Gasteiger partial charge in [-0.2, -0.15) is 0 Å². The number of nitrogens with zero attached hydrogens (tertiary/aromatic N) is 2. The first-order valence-corrected chi connectivity index (χ1v) is 11.5. The number of carbonyl (C=O) groups is 3. The molecule has 0 radical (unpaired) electrons. The van der Waals surface area contributed by atoms with Crippen molar-refractivity contribution in [3.8, 4) is 0 Å². The number of rotatable bonds is 9. The van der Waals surface area contributed by atoms with Crippen LogP contribution in [0, 0.1) is 11.7 Å². The summed E-state index contributed by atoms with van der Waals surface area (Å²) < 4.78 is 23.4. The zero-order chi connectivity index (χ0) is 24.5. The maximum atomic E-state index is 13.3. The zero-order valence-corrected chi connectivity index (χ0v) is 19.7. The molecule has 1 fully saturated rings. The van der Waals surface area contributed by atoms with Crippen LogP contribution in [0.2, 0.25) is 0 Å². The van der Waals surface area contributed by atoms with E-state index in [-0.39, 0.29) is 49.1 Å². The predicted molar refractivity (Wildman–Crippen MR) is 126 cm³/mol.